The number of hydrogen-bond donors (Lipinski definition) is 0. The maximum atomic E-state index is 13.8. The molecule has 3 aromatic rings. The topological polar surface area (TPSA) is 77.4 Å². The van der Waals surface area contributed by atoms with E-state index in [1.165, 1.54) is 11.8 Å². The van der Waals surface area contributed by atoms with Crippen molar-refractivity contribution in [3.63, 3.8) is 0 Å². The van der Waals surface area contributed by atoms with Crippen molar-refractivity contribution in [1.29, 1.82) is 0 Å². The zero-order valence-electron chi connectivity index (χ0n) is 21.9. The van der Waals surface area contributed by atoms with Gasteiger partial charge in [-0.15, -0.1) is 0 Å². The summed E-state index contributed by atoms with van der Waals surface area (Å²) in [6.07, 6.45) is 1.81. The molecular weight excluding hydrogens is 580 g/mol. The number of nitrogens with zero attached hydrogens (tertiary/aromatic N) is 2. The molecule has 0 aliphatic carbocycles. The average molecular weight is 610 g/mol. The van der Waals surface area contributed by atoms with E-state index < -0.39 is 5.97 Å². The van der Waals surface area contributed by atoms with Crippen LogP contribution in [0.4, 0.5) is 5.69 Å². The number of hydrogen-bond acceptors (Lipinski definition) is 7. The number of esters is 1. The summed E-state index contributed by atoms with van der Waals surface area (Å²) >= 11 is 4.86. The molecule has 0 aromatic heterocycles. The molecule has 0 N–H and O–H groups in total. The van der Waals surface area contributed by atoms with Crippen molar-refractivity contribution in [2.24, 2.45) is 4.99 Å². The Morgan fingerprint density at radius 2 is 1.72 bits per heavy atom. The van der Waals surface area contributed by atoms with Crippen LogP contribution in [0.15, 0.2) is 87.2 Å². The fraction of sp³-hybridized carbons (Fsp3) is 0.233. The Kier molecular flexibility index (Phi) is 9.84. The van der Waals surface area contributed by atoms with E-state index in [-0.39, 0.29) is 25.2 Å². The van der Waals surface area contributed by atoms with Crippen LogP contribution < -0.4 is 9.47 Å². The van der Waals surface area contributed by atoms with Gasteiger partial charge in [0.1, 0.15) is 0 Å². The second kappa shape index (κ2) is 13.5. The van der Waals surface area contributed by atoms with Crippen LogP contribution in [0.5, 0.6) is 11.5 Å². The molecule has 202 valence electrons. The van der Waals surface area contributed by atoms with Crippen molar-refractivity contribution in [3.05, 3.63) is 93.3 Å². The van der Waals surface area contributed by atoms with Crippen LogP contribution in [0.25, 0.3) is 6.08 Å². The van der Waals surface area contributed by atoms with E-state index >= 15 is 0 Å². The lowest BCUT2D eigenvalue weighted by atomic mass is 10.1. The van der Waals surface area contributed by atoms with E-state index in [4.69, 9.17) is 19.2 Å². The van der Waals surface area contributed by atoms with Crippen LogP contribution in [0.2, 0.25) is 0 Å². The van der Waals surface area contributed by atoms with E-state index in [0.29, 0.717) is 32.7 Å². The normalized spacial score (nSPS) is 16.0. The first kappa shape index (κ1) is 28.4. The lowest BCUT2D eigenvalue weighted by Gasteiger charge is -2.24. The van der Waals surface area contributed by atoms with Crippen molar-refractivity contribution >= 4 is 56.5 Å². The number of amidine groups is 1. The molecular formula is C30H29BrN2O5S. The first-order chi connectivity index (χ1) is 18.9. The molecule has 1 amide bonds. The fourth-order valence-electron chi connectivity index (χ4n) is 3.96. The third kappa shape index (κ3) is 7.10. The fourth-order valence-corrected chi connectivity index (χ4v) is 5.60. The van der Waals surface area contributed by atoms with Crippen molar-refractivity contribution < 1.29 is 23.8 Å². The van der Waals surface area contributed by atoms with Gasteiger partial charge in [-0.3, -0.25) is 9.69 Å². The summed E-state index contributed by atoms with van der Waals surface area (Å²) in [6, 6.07) is 22.9. The molecule has 0 spiro atoms. The highest BCUT2D eigenvalue weighted by atomic mass is 79.9. The van der Waals surface area contributed by atoms with Crippen molar-refractivity contribution in [1.82, 2.24) is 4.90 Å². The van der Waals surface area contributed by atoms with Crippen molar-refractivity contribution in [3.8, 4) is 11.5 Å². The van der Waals surface area contributed by atoms with Crippen LogP contribution in [-0.4, -0.2) is 41.8 Å². The number of thioether (sulfide) groups is 1. The van der Waals surface area contributed by atoms with Crippen LogP contribution >= 0.6 is 27.7 Å². The molecule has 0 radical (unpaired) electrons. The van der Waals surface area contributed by atoms with Crippen molar-refractivity contribution in [2.45, 2.75) is 26.8 Å². The Hall–Kier alpha value is -3.56. The molecule has 3 aromatic carbocycles. The third-order valence-corrected chi connectivity index (χ3v) is 7.33. The molecule has 9 heteroatoms. The van der Waals surface area contributed by atoms with Crippen LogP contribution in [0, 0.1) is 0 Å². The second-order valence-electron chi connectivity index (χ2n) is 8.46. The Morgan fingerprint density at radius 1 is 1.03 bits per heavy atom. The van der Waals surface area contributed by atoms with Gasteiger partial charge in [-0.1, -0.05) is 48.5 Å². The minimum atomic E-state index is -0.469. The van der Waals surface area contributed by atoms with Gasteiger partial charge in [0.25, 0.3) is 5.91 Å². The second-order valence-corrected chi connectivity index (χ2v) is 10.3. The minimum absolute atomic E-state index is 0.136. The molecule has 4 rings (SSSR count). The molecule has 0 saturated carbocycles. The van der Waals surface area contributed by atoms with Crippen LogP contribution in [0.3, 0.4) is 0 Å². The van der Waals surface area contributed by atoms with Crippen LogP contribution in [-0.2, 0) is 14.3 Å². The average Bonchev–Trinajstić information content (AvgIpc) is 3.23. The van der Waals surface area contributed by atoms with E-state index in [1.807, 2.05) is 86.7 Å². The zero-order valence-corrected chi connectivity index (χ0v) is 24.3. The SMILES string of the molecule is CCOC(=O)COc1c(Br)cc(/C=C2/SC(=Nc3ccccc3)N([C@@H](C)c3ccccc3)C2=O)cc1OCC. The van der Waals surface area contributed by atoms with E-state index in [1.54, 1.807) is 17.9 Å². The molecule has 1 fully saturated rings. The van der Waals surface area contributed by atoms with Crippen LogP contribution in [0.1, 0.15) is 37.9 Å². The molecule has 0 bridgehead atoms. The molecule has 1 heterocycles. The first-order valence-corrected chi connectivity index (χ1v) is 14.2. The summed E-state index contributed by atoms with van der Waals surface area (Å²) in [4.78, 5) is 32.6. The molecule has 1 saturated heterocycles. The highest BCUT2D eigenvalue weighted by Crippen LogP contribution is 2.41. The Morgan fingerprint density at radius 3 is 2.38 bits per heavy atom. The number of para-hydroxylation sites is 1. The predicted molar refractivity (Wildman–Crippen MR) is 158 cm³/mol. The number of rotatable bonds is 10. The summed E-state index contributed by atoms with van der Waals surface area (Å²) in [5.74, 6) is 0.237. The monoisotopic (exact) mass is 608 g/mol. The standard InChI is InChI=1S/C30H29BrN2O5S/c1-4-36-25-17-21(16-24(31)28(25)38-19-27(34)37-5-2)18-26-29(35)33(20(3)22-12-8-6-9-13-22)30(39-26)32-23-14-10-7-11-15-23/h6-18,20H,4-5,19H2,1-3H3/b26-18+,32-30?/t20-/m0/s1. The number of aliphatic imine (C=N–C) groups is 1. The minimum Gasteiger partial charge on any atom is -0.490 e. The van der Waals surface area contributed by atoms with E-state index in [9.17, 15) is 9.59 Å². The van der Waals surface area contributed by atoms with Gasteiger partial charge in [0.15, 0.2) is 23.3 Å². The maximum Gasteiger partial charge on any atom is 0.344 e. The van der Waals surface area contributed by atoms with Gasteiger partial charge in [-0.05, 0) is 89.9 Å². The van der Waals surface area contributed by atoms with E-state index in [2.05, 4.69) is 15.9 Å². The summed E-state index contributed by atoms with van der Waals surface area (Å²) in [5.41, 5.74) is 2.51. The molecule has 0 unspecified atom stereocenters. The number of carbonyl (C=O) groups excluding carboxylic acids is 2. The summed E-state index contributed by atoms with van der Waals surface area (Å²) in [5, 5.41) is 0.604. The predicted octanol–water partition coefficient (Wildman–Crippen LogP) is 7.15. The summed E-state index contributed by atoms with van der Waals surface area (Å²) in [7, 11) is 0. The lowest BCUT2D eigenvalue weighted by Crippen LogP contribution is -2.32. The number of carbonyl (C=O) groups is 2. The van der Waals surface area contributed by atoms with Gasteiger partial charge in [0.2, 0.25) is 0 Å². The Balaban J connectivity index is 1.69. The number of halogens is 1. The number of ether oxygens (including phenoxy) is 3. The molecule has 1 aliphatic rings. The zero-order chi connectivity index (χ0) is 27.8. The number of benzene rings is 3. The highest BCUT2D eigenvalue weighted by Gasteiger charge is 2.37. The molecule has 39 heavy (non-hydrogen) atoms. The first-order valence-electron chi connectivity index (χ1n) is 12.6. The Labute approximate surface area is 241 Å². The lowest BCUT2D eigenvalue weighted by molar-refractivity contribution is -0.145. The van der Waals surface area contributed by atoms with Gasteiger partial charge >= 0.3 is 5.97 Å². The Bertz CT molecular complexity index is 1380. The molecule has 1 atom stereocenters. The number of amides is 1. The summed E-state index contributed by atoms with van der Waals surface area (Å²) in [6.45, 7) is 6.02. The van der Waals surface area contributed by atoms with Gasteiger partial charge in [-0.25, -0.2) is 9.79 Å². The smallest absolute Gasteiger partial charge is 0.344 e. The van der Waals surface area contributed by atoms with Gasteiger partial charge in [-0.2, -0.15) is 0 Å². The van der Waals surface area contributed by atoms with Gasteiger partial charge < -0.3 is 14.2 Å². The highest BCUT2D eigenvalue weighted by molar-refractivity contribution is 9.10. The molecule has 1 aliphatic heterocycles. The third-order valence-electron chi connectivity index (χ3n) is 5.76. The van der Waals surface area contributed by atoms with Gasteiger partial charge in [0.05, 0.1) is 34.3 Å². The van der Waals surface area contributed by atoms with Crippen molar-refractivity contribution in [2.75, 3.05) is 19.8 Å². The largest absolute Gasteiger partial charge is 0.490 e. The maximum absolute atomic E-state index is 13.8. The quantitative estimate of drug-likeness (QED) is 0.179. The molecule has 7 nitrogen and oxygen atoms in total. The summed E-state index contributed by atoms with van der Waals surface area (Å²) < 4.78 is 17.0. The van der Waals surface area contributed by atoms with E-state index in [0.717, 1.165) is 16.8 Å². The van der Waals surface area contributed by atoms with Gasteiger partial charge in [0, 0.05) is 0 Å².